The molecule has 3 rings (SSSR count). The zero-order chi connectivity index (χ0) is 19.4. The van der Waals surface area contributed by atoms with E-state index in [9.17, 15) is 18.7 Å². The summed E-state index contributed by atoms with van der Waals surface area (Å²) in [5.74, 6) is -1.69. The zero-order valence-corrected chi connectivity index (χ0v) is 14.8. The summed E-state index contributed by atoms with van der Waals surface area (Å²) in [4.78, 5) is 12.5. The van der Waals surface area contributed by atoms with Gasteiger partial charge in [-0.2, -0.15) is 9.78 Å². The third-order valence-electron chi connectivity index (χ3n) is 4.01. The predicted molar refractivity (Wildman–Crippen MR) is 99.3 cm³/mol. The van der Waals surface area contributed by atoms with E-state index in [1.54, 1.807) is 0 Å². The van der Waals surface area contributed by atoms with Crippen LogP contribution in [-0.4, -0.2) is 21.5 Å². The Balaban J connectivity index is 1.96. The quantitative estimate of drug-likeness (QED) is 0.672. The molecule has 2 aromatic carbocycles. The van der Waals surface area contributed by atoms with Crippen LogP contribution in [-0.2, 0) is 0 Å². The molecule has 1 heterocycles. The van der Waals surface area contributed by atoms with Crippen molar-refractivity contribution in [3.8, 4) is 5.69 Å². The van der Waals surface area contributed by atoms with Crippen molar-refractivity contribution < 1.29 is 13.9 Å². The first kappa shape index (κ1) is 19.0. The molecular weight excluding hydrogens is 376 g/mol. The van der Waals surface area contributed by atoms with Gasteiger partial charge >= 0.3 is 0 Å². The monoisotopic (exact) mass is 391 g/mol. The summed E-state index contributed by atoms with van der Waals surface area (Å²) in [6.07, 6.45) is 1.68. The molecule has 0 aliphatic heterocycles. The van der Waals surface area contributed by atoms with Gasteiger partial charge in [0, 0.05) is 12.7 Å². The van der Waals surface area contributed by atoms with Crippen molar-refractivity contribution in [3.63, 3.8) is 0 Å². The van der Waals surface area contributed by atoms with Gasteiger partial charge < -0.3 is 10.4 Å². The van der Waals surface area contributed by atoms with Crippen LogP contribution < -0.4 is 10.9 Å². The van der Waals surface area contributed by atoms with Crippen molar-refractivity contribution in [2.75, 3.05) is 11.9 Å². The van der Waals surface area contributed by atoms with E-state index in [2.05, 4.69) is 10.4 Å². The lowest BCUT2D eigenvalue weighted by molar-refractivity contribution is 0.280. The van der Waals surface area contributed by atoms with Crippen LogP contribution in [0, 0.1) is 11.6 Å². The molecule has 8 heteroatoms. The Kier molecular flexibility index (Phi) is 5.83. The molecule has 0 saturated heterocycles. The number of aliphatic hydroxyl groups is 1. The summed E-state index contributed by atoms with van der Waals surface area (Å²) >= 11 is 6.17. The minimum Gasteiger partial charge on any atom is -0.396 e. The number of hydrogen-bond donors (Lipinski definition) is 2. The fourth-order valence-electron chi connectivity index (χ4n) is 2.68. The van der Waals surface area contributed by atoms with Gasteiger partial charge in [-0.3, -0.25) is 4.79 Å². The van der Waals surface area contributed by atoms with E-state index in [0.717, 1.165) is 22.4 Å². The Morgan fingerprint density at radius 1 is 1.19 bits per heavy atom. The SMILES string of the molecule is O=c1c(Cl)c(N[C@H](CCO)c2ccccc2)cnn1-c1ccc(F)cc1F. The molecule has 0 aliphatic carbocycles. The maximum atomic E-state index is 14.0. The second-order valence-electron chi connectivity index (χ2n) is 5.80. The molecule has 0 radical (unpaired) electrons. The van der Waals surface area contributed by atoms with Crippen LogP contribution in [0.4, 0.5) is 14.5 Å². The summed E-state index contributed by atoms with van der Waals surface area (Å²) in [5.41, 5.74) is 0.201. The Morgan fingerprint density at radius 2 is 1.93 bits per heavy atom. The molecular formula is C19H16ClF2N3O2. The van der Waals surface area contributed by atoms with E-state index in [0.29, 0.717) is 12.5 Å². The summed E-state index contributed by atoms with van der Waals surface area (Å²) in [6.45, 7) is -0.0739. The minimum atomic E-state index is -0.927. The van der Waals surface area contributed by atoms with Crippen molar-refractivity contribution >= 4 is 17.3 Å². The highest BCUT2D eigenvalue weighted by Gasteiger charge is 2.17. The second kappa shape index (κ2) is 8.28. The van der Waals surface area contributed by atoms with Crippen LogP contribution >= 0.6 is 11.6 Å². The van der Waals surface area contributed by atoms with Gasteiger partial charge in [0.15, 0.2) is 5.82 Å². The van der Waals surface area contributed by atoms with Gasteiger partial charge in [0.25, 0.3) is 5.56 Å². The summed E-state index contributed by atoms with van der Waals surface area (Å²) < 4.78 is 27.8. The highest BCUT2D eigenvalue weighted by atomic mass is 35.5. The van der Waals surface area contributed by atoms with Crippen LogP contribution in [0.15, 0.2) is 59.5 Å². The van der Waals surface area contributed by atoms with Gasteiger partial charge in [-0.1, -0.05) is 41.9 Å². The Labute approximate surface area is 158 Å². The molecule has 0 bridgehead atoms. The number of aliphatic hydroxyl groups excluding tert-OH is 1. The fourth-order valence-corrected chi connectivity index (χ4v) is 2.87. The number of anilines is 1. The molecule has 0 unspecified atom stereocenters. The van der Waals surface area contributed by atoms with Crippen molar-refractivity contribution in [2.45, 2.75) is 12.5 Å². The van der Waals surface area contributed by atoms with E-state index < -0.39 is 17.2 Å². The molecule has 27 heavy (non-hydrogen) atoms. The van der Waals surface area contributed by atoms with E-state index in [1.807, 2.05) is 30.3 Å². The number of aromatic nitrogens is 2. The molecule has 0 saturated carbocycles. The summed E-state index contributed by atoms with van der Waals surface area (Å²) in [5, 5.41) is 16.2. The average Bonchev–Trinajstić information content (AvgIpc) is 2.66. The Bertz CT molecular complexity index is 996. The van der Waals surface area contributed by atoms with Crippen LogP contribution in [0.5, 0.6) is 0 Å². The summed E-state index contributed by atoms with van der Waals surface area (Å²) in [7, 11) is 0. The standard InChI is InChI=1S/C19H16ClF2N3O2/c20-18-16(24-15(8-9-26)12-4-2-1-3-5-12)11-23-25(19(18)27)17-7-6-13(21)10-14(17)22/h1-7,10-11,15,24,26H,8-9H2/t15-/m1/s1. The maximum absolute atomic E-state index is 14.0. The van der Waals surface area contributed by atoms with Gasteiger partial charge in [-0.25, -0.2) is 8.78 Å². The zero-order valence-electron chi connectivity index (χ0n) is 14.1. The molecule has 1 atom stereocenters. The molecule has 3 aromatic rings. The maximum Gasteiger partial charge on any atom is 0.292 e. The first-order chi connectivity index (χ1) is 13.0. The van der Waals surface area contributed by atoms with Crippen LogP contribution in [0.1, 0.15) is 18.0 Å². The normalized spacial score (nSPS) is 12.0. The molecule has 1 aromatic heterocycles. The van der Waals surface area contributed by atoms with Crippen molar-refractivity contribution in [3.05, 3.63) is 87.3 Å². The highest BCUT2D eigenvalue weighted by molar-refractivity contribution is 6.33. The van der Waals surface area contributed by atoms with Crippen molar-refractivity contribution in [1.82, 2.24) is 9.78 Å². The number of rotatable bonds is 6. The van der Waals surface area contributed by atoms with E-state index >= 15 is 0 Å². The number of benzene rings is 2. The lowest BCUT2D eigenvalue weighted by Crippen LogP contribution is -2.24. The topological polar surface area (TPSA) is 67.2 Å². The largest absolute Gasteiger partial charge is 0.396 e. The molecule has 0 spiro atoms. The third kappa shape index (κ3) is 4.15. The lowest BCUT2D eigenvalue weighted by atomic mass is 10.0. The van der Waals surface area contributed by atoms with Gasteiger partial charge in [-0.15, -0.1) is 0 Å². The van der Waals surface area contributed by atoms with Gasteiger partial charge in [-0.05, 0) is 24.1 Å². The van der Waals surface area contributed by atoms with E-state index in [4.69, 9.17) is 11.6 Å². The molecule has 5 nitrogen and oxygen atoms in total. The average molecular weight is 392 g/mol. The minimum absolute atomic E-state index is 0.0739. The van der Waals surface area contributed by atoms with Gasteiger partial charge in [0.2, 0.25) is 0 Å². The number of nitrogens with one attached hydrogen (secondary N) is 1. The second-order valence-corrected chi connectivity index (χ2v) is 6.18. The van der Waals surface area contributed by atoms with Gasteiger partial charge in [0.05, 0.1) is 17.9 Å². The predicted octanol–water partition coefficient (Wildman–Crippen LogP) is 3.70. The van der Waals surface area contributed by atoms with Crippen molar-refractivity contribution in [1.29, 1.82) is 0 Å². The summed E-state index contributed by atoms with van der Waals surface area (Å²) in [6, 6.07) is 11.8. The molecule has 140 valence electrons. The van der Waals surface area contributed by atoms with Crippen LogP contribution in [0.3, 0.4) is 0 Å². The van der Waals surface area contributed by atoms with E-state index in [1.165, 1.54) is 6.20 Å². The Hall–Kier alpha value is -2.77. The number of nitrogens with zero attached hydrogens (tertiary/aromatic N) is 2. The number of hydrogen-bond acceptors (Lipinski definition) is 4. The molecule has 0 fully saturated rings. The van der Waals surface area contributed by atoms with E-state index in [-0.39, 0.29) is 29.0 Å². The molecule has 2 N–H and O–H groups in total. The van der Waals surface area contributed by atoms with Gasteiger partial charge in [0.1, 0.15) is 16.5 Å². The van der Waals surface area contributed by atoms with Crippen LogP contribution in [0.25, 0.3) is 5.69 Å². The number of halogens is 3. The first-order valence-corrected chi connectivity index (χ1v) is 8.54. The smallest absolute Gasteiger partial charge is 0.292 e. The van der Waals surface area contributed by atoms with Crippen LogP contribution in [0.2, 0.25) is 5.02 Å². The highest BCUT2D eigenvalue weighted by Crippen LogP contribution is 2.26. The molecule has 0 aliphatic rings. The Morgan fingerprint density at radius 3 is 2.59 bits per heavy atom. The first-order valence-electron chi connectivity index (χ1n) is 8.17. The lowest BCUT2D eigenvalue weighted by Gasteiger charge is -2.20. The molecule has 0 amide bonds. The third-order valence-corrected chi connectivity index (χ3v) is 4.37. The fraction of sp³-hybridized carbons (Fsp3) is 0.158. The van der Waals surface area contributed by atoms with Crippen molar-refractivity contribution in [2.24, 2.45) is 0 Å².